The van der Waals surface area contributed by atoms with Gasteiger partial charge in [-0.05, 0) is 33.5 Å². The molecule has 3 heterocycles. The van der Waals surface area contributed by atoms with Gasteiger partial charge in [0.25, 0.3) is 5.22 Å². The highest BCUT2D eigenvalue weighted by Gasteiger charge is 2.15. The molecule has 1 atom stereocenters. The van der Waals surface area contributed by atoms with Crippen LogP contribution in [0.15, 0.2) is 60.4 Å². The van der Waals surface area contributed by atoms with E-state index < -0.39 is 0 Å². The lowest BCUT2D eigenvalue weighted by atomic mass is 9.98. The van der Waals surface area contributed by atoms with Gasteiger partial charge in [-0.15, -0.1) is 21.5 Å². The van der Waals surface area contributed by atoms with Crippen molar-refractivity contribution >= 4 is 39.0 Å². The molecule has 0 radical (unpaired) electrons. The molecule has 0 aliphatic carbocycles. The first-order valence-corrected chi connectivity index (χ1v) is 10.9. The molecule has 0 saturated carbocycles. The van der Waals surface area contributed by atoms with Gasteiger partial charge in [-0.2, -0.15) is 4.98 Å². The number of thioether (sulfide) groups is 1. The van der Waals surface area contributed by atoms with E-state index in [1.165, 1.54) is 17.3 Å². The summed E-state index contributed by atoms with van der Waals surface area (Å²) in [7, 11) is 0. The Hall–Kier alpha value is -1.97. The number of hydrogen-bond acceptors (Lipinski definition) is 8. The molecule has 4 rings (SSSR count). The van der Waals surface area contributed by atoms with Gasteiger partial charge in [0.15, 0.2) is 0 Å². The summed E-state index contributed by atoms with van der Waals surface area (Å²) in [5, 5.41) is 14.7. The third kappa shape index (κ3) is 4.66. The van der Waals surface area contributed by atoms with E-state index in [9.17, 15) is 0 Å². The van der Waals surface area contributed by atoms with Crippen LogP contribution >= 0.6 is 39.0 Å². The Morgan fingerprint density at radius 1 is 1.19 bits per heavy atom. The molecule has 0 bridgehead atoms. The number of thiophene rings is 1. The monoisotopic (exact) mass is 462 g/mol. The van der Waals surface area contributed by atoms with Crippen LogP contribution in [-0.2, 0) is 12.2 Å². The Morgan fingerprint density at radius 3 is 2.81 bits per heavy atom. The highest BCUT2D eigenvalue weighted by molar-refractivity contribution is 9.10. The molecule has 138 valence electrons. The average molecular weight is 463 g/mol. The van der Waals surface area contributed by atoms with Gasteiger partial charge in [-0.1, -0.05) is 54.2 Å². The molecule has 0 amide bonds. The lowest BCUT2D eigenvalue weighted by molar-refractivity contribution is 0.388. The van der Waals surface area contributed by atoms with Crippen LogP contribution in [0.5, 0.6) is 0 Å². The molecule has 0 saturated heterocycles. The van der Waals surface area contributed by atoms with Gasteiger partial charge in [0, 0.05) is 16.3 Å². The van der Waals surface area contributed by atoms with E-state index >= 15 is 0 Å². The maximum absolute atomic E-state index is 5.74. The summed E-state index contributed by atoms with van der Waals surface area (Å²) in [6, 6.07) is 12.3. The van der Waals surface area contributed by atoms with Gasteiger partial charge in [0.1, 0.15) is 0 Å². The van der Waals surface area contributed by atoms with Crippen molar-refractivity contribution in [2.24, 2.45) is 0 Å². The molecule has 0 aliphatic heterocycles. The molecule has 9 heteroatoms. The Bertz CT molecular complexity index is 1020. The van der Waals surface area contributed by atoms with Crippen LogP contribution < -0.4 is 0 Å². The largest absolute Gasteiger partial charge is 0.416 e. The van der Waals surface area contributed by atoms with Crippen LogP contribution in [0.2, 0.25) is 0 Å². The zero-order valence-electron chi connectivity index (χ0n) is 14.3. The highest BCUT2D eigenvalue weighted by atomic mass is 79.9. The van der Waals surface area contributed by atoms with Gasteiger partial charge in [-0.3, -0.25) is 0 Å². The molecule has 1 aromatic carbocycles. The number of aromatic nitrogens is 4. The van der Waals surface area contributed by atoms with Crippen LogP contribution in [-0.4, -0.2) is 20.3 Å². The normalized spacial score (nSPS) is 12.4. The number of rotatable bonds is 7. The summed E-state index contributed by atoms with van der Waals surface area (Å²) in [6.07, 6.45) is 0.704. The fourth-order valence-corrected chi connectivity index (χ4v) is 4.48. The molecule has 0 fully saturated rings. The minimum Gasteiger partial charge on any atom is -0.416 e. The molecular weight excluding hydrogens is 448 g/mol. The quantitative estimate of drug-likeness (QED) is 0.331. The number of hydrogen-bond donors (Lipinski definition) is 0. The summed E-state index contributed by atoms with van der Waals surface area (Å²) >= 11 is 6.37. The summed E-state index contributed by atoms with van der Waals surface area (Å²) in [4.78, 5) is 5.36. The molecular formula is C18H15BrN4O2S2. The maximum Gasteiger partial charge on any atom is 0.277 e. The van der Waals surface area contributed by atoms with E-state index in [2.05, 4.69) is 55.3 Å². The minimum atomic E-state index is 0.313. The number of halogens is 1. The van der Waals surface area contributed by atoms with Crippen molar-refractivity contribution in [1.82, 2.24) is 20.3 Å². The number of benzene rings is 1. The van der Waals surface area contributed by atoms with Gasteiger partial charge in [0.2, 0.25) is 17.6 Å². The fourth-order valence-electron chi connectivity index (χ4n) is 2.51. The van der Waals surface area contributed by atoms with E-state index in [0.717, 1.165) is 9.35 Å². The van der Waals surface area contributed by atoms with E-state index in [1.807, 2.05) is 29.6 Å². The second kappa shape index (κ2) is 8.37. The van der Waals surface area contributed by atoms with Crippen LogP contribution in [0, 0.1) is 0 Å². The Labute approximate surface area is 172 Å². The van der Waals surface area contributed by atoms with Gasteiger partial charge < -0.3 is 8.94 Å². The lowest BCUT2D eigenvalue weighted by Gasteiger charge is -2.08. The predicted octanol–water partition coefficient (Wildman–Crippen LogP) is 5.58. The fraction of sp³-hybridized carbons (Fsp3) is 0.222. The number of nitrogens with zero attached hydrogens (tertiary/aromatic N) is 4. The zero-order valence-corrected chi connectivity index (χ0v) is 17.6. The highest BCUT2D eigenvalue weighted by Crippen LogP contribution is 2.29. The van der Waals surface area contributed by atoms with Crippen molar-refractivity contribution < 1.29 is 8.94 Å². The lowest BCUT2D eigenvalue weighted by Crippen LogP contribution is -1.98. The summed E-state index contributed by atoms with van der Waals surface area (Å²) in [5.41, 5.74) is 1.25. The first-order chi connectivity index (χ1) is 13.2. The van der Waals surface area contributed by atoms with Crippen molar-refractivity contribution in [2.45, 2.75) is 30.2 Å². The van der Waals surface area contributed by atoms with Gasteiger partial charge in [-0.25, -0.2) is 0 Å². The van der Waals surface area contributed by atoms with E-state index in [1.54, 1.807) is 11.3 Å². The zero-order chi connectivity index (χ0) is 18.6. The first kappa shape index (κ1) is 18.4. The van der Waals surface area contributed by atoms with Crippen molar-refractivity contribution in [2.75, 3.05) is 0 Å². The molecule has 0 N–H and O–H groups in total. The first-order valence-electron chi connectivity index (χ1n) is 8.24. The SMILES string of the molecule is CC(Cc1nnc(SCc2nc(-c3cc(Br)cs3)no2)o1)c1ccccc1. The molecule has 1 unspecified atom stereocenters. The Morgan fingerprint density at radius 2 is 2.04 bits per heavy atom. The second-order valence-corrected chi connectivity index (χ2v) is 8.66. The maximum atomic E-state index is 5.74. The van der Waals surface area contributed by atoms with Crippen molar-refractivity contribution in [3.8, 4) is 10.7 Å². The topological polar surface area (TPSA) is 77.8 Å². The van der Waals surface area contributed by atoms with Crippen molar-refractivity contribution in [3.63, 3.8) is 0 Å². The van der Waals surface area contributed by atoms with E-state index in [-0.39, 0.29) is 0 Å². The van der Waals surface area contributed by atoms with Crippen LogP contribution in [0.3, 0.4) is 0 Å². The Balaban J connectivity index is 1.34. The summed E-state index contributed by atoms with van der Waals surface area (Å²) in [5.74, 6) is 2.54. The van der Waals surface area contributed by atoms with Crippen molar-refractivity contribution in [3.05, 3.63) is 63.6 Å². The molecule has 6 nitrogen and oxygen atoms in total. The van der Waals surface area contributed by atoms with Crippen LogP contribution in [0.25, 0.3) is 10.7 Å². The van der Waals surface area contributed by atoms with E-state index in [0.29, 0.717) is 40.9 Å². The van der Waals surface area contributed by atoms with Gasteiger partial charge >= 0.3 is 0 Å². The molecule has 3 aromatic heterocycles. The van der Waals surface area contributed by atoms with Crippen LogP contribution in [0.1, 0.15) is 30.2 Å². The minimum absolute atomic E-state index is 0.313. The second-order valence-electron chi connectivity index (χ2n) is 5.91. The molecule has 0 aliphatic rings. The average Bonchev–Trinajstić information content (AvgIpc) is 3.41. The molecule has 0 spiro atoms. The van der Waals surface area contributed by atoms with Crippen LogP contribution in [0.4, 0.5) is 0 Å². The third-order valence-electron chi connectivity index (χ3n) is 3.87. The predicted molar refractivity (Wildman–Crippen MR) is 108 cm³/mol. The Kier molecular flexibility index (Phi) is 5.70. The standard InChI is InChI=1S/C18H15BrN4O2S2/c1-11(12-5-3-2-4-6-12)7-15-21-22-18(24-15)27-10-16-20-17(23-25-16)14-8-13(19)9-26-14/h2-6,8-9,11H,7,10H2,1H3. The summed E-state index contributed by atoms with van der Waals surface area (Å²) < 4.78 is 12.0. The smallest absolute Gasteiger partial charge is 0.277 e. The van der Waals surface area contributed by atoms with Crippen molar-refractivity contribution in [1.29, 1.82) is 0 Å². The van der Waals surface area contributed by atoms with Gasteiger partial charge in [0.05, 0.1) is 10.6 Å². The van der Waals surface area contributed by atoms with E-state index in [4.69, 9.17) is 8.94 Å². The molecule has 4 aromatic rings. The third-order valence-corrected chi connectivity index (χ3v) is 6.36. The summed E-state index contributed by atoms with van der Waals surface area (Å²) in [6.45, 7) is 2.15. The molecule has 27 heavy (non-hydrogen) atoms.